The molecule has 2 amide bonds. The lowest BCUT2D eigenvalue weighted by atomic mass is 10.0. The number of amides is 2. The molecule has 0 aromatic rings. The van der Waals surface area contributed by atoms with Gasteiger partial charge in [-0.3, -0.25) is 24.0 Å². The first-order chi connectivity index (χ1) is 30.9. The molecule has 2 atom stereocenters. The number of esters is 3. The van der Waals surface area contributed by atoms with Gasteiger partial charge in [-0.05, 0) is 64.2 Å². The van der Waals surface area contributed by atoms with E-state index < -0.39 is 12.2 Å². The van der Waals surface area contributed by atoms with Crippen LogP contribution in [-0.4, -0.2) is 138 Å². The maximum atomic E-state index is 12.5. The number of ether oxygens (including phenoxy) is 3. The third-order valence-corrected chi connectivity index (χ3v) is 11.0. The van der Waals surface area contributed by atoms with Crippen molar-refractivity contribution in [2.24, 2.45) is 0 Å². The van der Waals surface area contributed by atoms with Gasteiger partial charge in [0.15, 0.2) is 0 Å². The third kappa shape index (κ3) is 57.8. The molecule has 0 aliphatic carbocycles. The van der Waals surface area contributed by atoms with Crippen LogP contribution in [-0.2, 0) is 38.2 Å². The highest BCUT2D eigenvalue weighted by Crippen LogP contribution is 2.17. The number of halogens is 2. The van der Waals surface area contributed by atoms with Crippen LogP contribution in [0.5, 0.6) is 0 Å². The quantitative estimate of drug-likeness (QED) is 0.0274. The van der Waals surface area contributed by atoms with Gasteiger partial charge in [0.05, 0.1) is 48.4 Å². The molecule has 0 heterocycles. The van der Waals surface area contributed by atoms with Crippen molar-refractivity contribution in [3.63, 3.8) is 0 Å². The number of hydrogen-bond donors (Lipinski definition) is 3. The third-order valence-electron chi connectivity index (χ3n) is 11.0. The number of carbonyl (C=O) groups is 5. The van der Waals surface area contributed by atoms with Gasteiger partial charge in [-0.2, -0.15) is 0 Å². The second kappa shape index (κ2) is 48.6. The second-order valence-corrected chi connectivity index (χ2v) is 19.9. The zero-order valence-corrected chi connectivity index (χ0v) is 45.7. The standard InChI is InChI=1S/C42H79N3O7.C10H22NO2.2ClH/c1-6-7-22-29-39(52-42(50)32-27-31-41(49)51-36-35-45(3,4)5)38(47)28-23-18-14-10-11-15-19-24-30-40(48)44-34-26-21-17-13-9-8-12-16-20-25-33-43-37(2)46;1-5-6-7-10(12)13-9-8-11(2,3)4;;/h18,23,38-39,47H,6-17,19-22,24-36H2,1-5H3,(H-,43,44,46,48);5-9H2,1-4H3;2*1H/q;+1;;/p-1/b23-18-;;;. The molecule has 0 aromatic heterocycles. The van der Waals surface area contributed by atoms with Crippen molar-refractivity contribution in [2.45, 2.75) is 213 Å². The SMILES string of the molecule is CCCCC(=O)OCC[N+](C)(C)C.CCCCCC(OC(=O)CCCC(=O)OCC[N+](C)(C)C)C(O)C/C=C\CCCCCCCC(=O)NCCCCCCCCCCCCNC(C)=O.[Cl-].[Cl-]. The summed E-state index contributed by atoms with van der Waals surface area (Å²) in [5.74, 6) is -0.505. The summed E-state index contributed by atoms with van der Waals surface area (Å²) < 4.78 is 17.5. The highest BCUT2D eigenvalue weighted by Gasteiger charge is 2.22. The molecule has 0 saturated heterocycles. The van der Waals surface area contributed by atoms with Crippen molar-refractivity contribution in [2.75, 3.05) is 81.7 Å². The fourth-order valence-corrected chi connectivity index (χ4v) is 6.69. The largest absolute Gasteiger partial charge is 1.00 e. The lowest BCUT2D eigenvalue weighted by Gasteiger charge is -2.23. The second-order valence-electron chi connectivity index (χ2n) is 19.9. The van der Waals surface area contributed by atoms with E-state index in [9.17, 15) is 29.1 Å². The van der Waals surface area contributed by atoms with Crippen LogP contribution >= 0.6 is 0 Å². The van der Waals surface area contributed by atoms with E-state index in [0.717, 1.165) is 114 Å². The Morgan fingerprint density at radius 3 is 1.46 bits per heavy atom. The monoisotopic (exact) mass is 997 g/mol. The van der Waals surface area contributed by atoms with Crippen molar-refractivity contribution in [1.29, 1.82) is 0 Å². The highest BCUT2D eigenvalue weighted by molar-refractivity contribution is 5.75. The predicted molar refractivity (Wildman–Crippen MR) is 265 cm³/mol. The summed E-state index contributed by atoms with van der Waals surface area (Å²) in [6.07, 6.45) is 29.1. The van der Waals surface area contributed by atoms with Crippen LogP contribution in [0.15, 0.2) is 12.2 Å². The summed E-state index contributed by atoms with van der Waals surface area (Å²) in [7, 11) is 12.4. The number of aliphatic hydroxyl groups excluding tert-OH is 1. The molecule has 0 aliphatic heterocycles. The molecule has 0 aliphatic rings. The first-order valence-corrected chi connectivity index (χ1v) is 25.9. The van der Waals surface area contributed by atoms with Crippen molar-refractivity contribution in [3.05, 3.63) is 12.2 Å². The summed E-state index contributed by atoms with van der Waals surface area (Å²) in [6.45, 7) is 9.83. The average molecular weight is 998 g/mol. The van der Waals surface area contributed by atoms with E-state index in [1.54, 1.807) is 6.92 Å². The first-order valence-electron chi connectivity index (χ1n) is 25.9. The number of hydrogen-bond acceptors (Lipinski definition) is 9. The number of nitrogens with one attached hydrogen (secondary N) is 2. The van der Waals surface area contributed by atoms with Crippen LogP contribution in [0, 0.1) is 0 Å². The smallest absolute Gasteiger partial charge is 0.306 e. The number of nitrogens with zero attached hydrogens (tertiary/aromatic N) is 2. The molecular formula is C52H102Cl2N4O9. The summed E-state index contributed by atoms with van der Waals surface area (Å²) in [5, 5.41) is 16.7. The van der Waals surface area contributed by atoms with Crippen LogP contribution < -0.4 is 35.4 Å². The molecule has 0 saturated carbocycles. The number of rotatable bonds is 42. The fourth-order valence-electron chi connectivity index (χ4n) is 6.69. The summed E-state index contributed by atoms with van der Waals surface area (Å²) in [4.78, 5) is 58.5. The minimum absolute atomic E-state index is 0. The van der Waals surface area contributed by atoms with E-state index >= 15 is 0 Å². The van der Waals surface area contributed by atoms with Crippen molar-refractivity contribution >= 4 is 29.7 Å². The molecule has 2 unspecified atom stereocenters. The number of aliphatic hydroxyl groups is 1. The van der Waals surface area contributed by atoms with Gasteiger partial charge in [-0.15, -0.1) is 0 Å². The van der Waals surface area contributed by atoms with Gasteiger partial charge in [-0.25, -0.2) is 0 Å². The Labute approximate surface area is 422 Å². The van der Waals surface area contributed by atoms with Gasteiger partial charge >= 0.3 is 17.9 Å². The van der Waals surface area contributed by atoms with Crippen LogP contribution in [0.4, 0.5) is 0 Å². The van der Waals surface area contributed by atoms with Gasteiger partial charge in [0.2, 0.25) is 11.8 Å². The van der Waals surface area contributed by atoms with E-state index in [1.807, 2.05) is 27.2 Å². The topological polar surface area (TPSA) is 157 Å². The Kier molecular flexibility index (Phi) is 51.5. The zero-order valence-electron chi connectivity index (χ0n) is 44.2. The highest BCUT2D eigenvalue weighted by atomic mass is 35.5. The zero-order chi connectivity index (χ0) is 49.0. The normalized spacial score (nSPS) is 12.1. The number of allylic oxidation sites excluding steroid dienone is 1. The number of quaternary nitrogens is 2. The van der Waals surface area contributed by atoms with Gasteiger partial charge in [-0.1, -0.05) is 116 Å². The van der Waals surface area contributed by atoms with E-state index in [-0.39, 0.29) is 67.4 Å². The number of carbonyl (C=O) groups excluding carboxylic acids is 5. The van der Waals surface area contributed by atoms with Gasteiger partial charge in [0, 0.05) is 45.7 Å². The molecule has 67 heavy (non-hydrogen) atoms. The van der Waals surface area contributed by atoms with Crippen molar-refractivity contribution < 1.29 is 77.1 Å². The fraction of sp³-hybridized carbons (Fsp3) is 0.865. The average Bonchev–Trinajstić information content (AvgIpc) is 3.22. The van der Waals surface area contributed by atoms with Crippen LogP contribution in [0.3, 0.4) is 0 Å². The molecule has 0 aromatic carbocycles. The Hall–Kier alpha value is -2.45. The minimum Gasteiger partial charge on any atom is -1.00 e. The van der Waals surface area contributed by atoms with E-state index in [2.05, 4.69) is 51.7 Å². The molecule has 0 rings (SSSR count). The van der Waals surface area contributed by atoms with Crippen LogP contribution in [0.2, 0.25) is 0 Å². The predicted octanol–water partition coefficient (Wildman–Crippen LogP) is 3.52. The lowest BCUT2D eigenvalue weighted by Crippen LogP contribution is -3.00. The number of likely N-dealkylation sites (N-methyl/N-ethyl adjacent to an activating group) is 2. The molecule has 0 spiro atoms. The maximum absolute atomic E-state index is 12.5. The molecule has 0 bridgehead atoms. The van der Waals surface area contributed by atoms with Crippen LogP contribution in [0.25, 0.3) is 0 Å². The summed E-state index contributed by atoms with van der Waals surface area (Å²) in [6, 6.07) is 0. The Balaban J connectivity index is -0.00000114. The minimum atomic E-state index is -0.747. The summed E-state index contributed by atoms with van der Waals surface area (Å²) in [5.41, 5.74) is 0. The van der Waals surface area contributed by atoms with Crippen molar-refractivity contribution in [1.82, 2.24) is 10.6 Å². The first kappa shape index (κ1) is 71.1. The van der Waals surface area contributed by atoms with E-state index in [4.69, 9.17) is 14.2 Å². The molecule has 3 N–H and O–H groups in total. The molecular weight excluding hydrogens is 895 g/mol. The van der Waals surface area contributed by atoms with Crippen molar-refractivity contribution in [3.8, 4) is 0 Å². The lowest BCUT2D eigenvalue weighted by molar-refractivity contribution is -0.870. The van der Waals surface area contributed by atoms with Gasteiger partial charge in [0.1, 0.15) is 32.4 Å². The van der Waals surface area contributed by atoms with Gasteiger partial charge in [0.25, 0.3) is 0 Å². The molecule has 398 valence electrons. The Bertz CT molecular complexity index is 1230. The van der Waals surface area contributed by atoms with Crippen LogP contribution in [0.1, 0.15) is 201 Å². The van der Waals surface area contributed by atoms with E-state index in [1.165, 1.54) is 51.4 Å². The molecule has 0 radical (unpaired) electrons. The molecule has 15 heteroatoms. The number of unbranched alkanes of at least 4 members (excludes halogenated alkanes) is 17. The van der Waals surface area contributed by atoms with Gasteiger partial charge < -0.3 is 63.7 Å². The van der Waals surface area contributed by atoms with E-state index in [0.29, 0.717) is 49.8 Å². The summed E-state index contributed by atoms with van der Waals surface area (Å²) >= 11 is 0. The Morgan fingerprint density at radius 2 is 0.970 bits per heavy atom. The maximum Gasteiger partial charge on any atom is 0.306 e. The molecule has 13 nitrogen and oxygen atoms in total. The Morgan fingerprint density at radius 1 is 0.522 bits per heavy atom. The molecule has 0 fully saturated rings.